The predicted molar refractivity (Wildman–Crippen MR) is 283 cm³/mol. The number of aromatic hydroxyl groups is 2. The van der Waals surface area contributed by atoms with Gasteiger partial charge in [-0.3, -0.25) is 9.79 Å². The summed E-state index contributed by atoms with van der Waals surface area (Å²) in [5.41, 5.74) is -5.91. The first-order valence-electron chi connectivity index (χ1n) is 28.1. The topological polar surface area (TPSA) is 294 Å². The zero-order chi connectivity index (χ0) is 56.3. The Hall–Kier alpha value is -4.79. The molecule has 0 bridgehead atoms. The molecule has 5 saturated heterocycles. The lowest BCUT2D eigenvalue weighted by molar-refractivity contribution is -0.335. The number of fused-ring (bicyclic) bond motifs is 5. The molecule has 0 radical (unpaired) electrons. The van der Waals surface area contributed by atoms with Crippen LogP contribution in [0.3, 0.4) is 0 Å². The van der Waals surface area contributed by atoms with E-state index < -0.39 is 139 Å². The number of aliphatic hydroxyl groups is 5. The minimum atomic E-state index is -2.43. The Labute approximate surface area is 460 Å². The molecule has 0 amide bonds. The van der Waals surface area contributed by atoms with E-state index in [-0.39, 0.29) is 75.3 Å². The number of para-hydroxylation sites is 1. The number of carbonyl (C=O) groups excluding carboxylic acids is 1. The first-order chi connectivity index (χ1) is 38.1. The second kappa shape index (κ2) is 21.1. The van der Waals surface area contributed by atoms with Gasteiger partial charge >= 0.3 is 5.63 Å². The fourth-order valence-electron chi connectivity index (χ4n) is 13.5. The summed E-state index contributed by atoms with van der Waals surface area (Å²) < 4.78 is 69.7. The SMILES string of the molecule is C[C@@H]1O[C@@H](O[C@]23C(=O)C[C@](C)(O)C[C@@]2(O)C=Cc2c3c3oc(=O)/c(=C4\C=Nc5ccccc54)c4ccc(O)c(c2O)c34)CC[C@@H]1O[C@H]1C[C@@H](O[C@H]2CC[C@H](O[C@H]3C[C@@H](O[C@H]4CC[C@H](O)[C@H](C)O4)[C@H](O)[C@@H](C)O3)[C@H](C)O2)[C@H](O)[C@@H](C)O1. The van der Waals surface area contributed by atoms with Crippen LogP contribution in [0.2, 0.25) is 0 Å². The maximum absolute atomic E-state index is 15.1. The molecule has 0 unspecified atom stereocenters. The lowest BCUT2D eigenvalue weighted by atomic mass is 9.59. The molecular weight excluding hydrogens is 1040 g/mol. The predicted octanol–water partition coefficient (Wildman–Crippen LogP) is 4.54. The quantitative estimate of drug-likeness (QED) is 0.107. The average Bonchev–Trinajstić information content (AvgIpc) is 1.10. The lowest BCUT2D eigenvalue weighted by Crippen LogP contribution is -2.67. The molecule has 7 heterocycles. The molecule has 8 aliphatic rings. The standard InChI is InChI=1S/C59H71NO20/c1-26-36(61)13-16-43(70-26)77-40-21-46(73-29(4)52(40)64)75-38-14-17-44(71-27(38)2)78-41-22-47(74-30(5)53(41)65)76-39-15-18-45(72-28(39)3)80-59-42(63)23-57(6,68)25-58(59,69)20-19-33-51(59)55-49-32(11-12-37(62)50(49)54(33)66)48(56(67)79-55)34-24-60-35-10-8-7-9-31(34)35/h7-12,19-20,24,26-30,36,38-41,43-47,52-53,61-62,64-66,68-69H,13-18,21-23,25H2,1-6H3/b48-34+/t26-,27-,28-,29+,30+,36-,38-,39-,40+,41+,43-,44-,45-,46-,47-,52+,53+,57-,58-,59-/m0/s1. The van der Waals surface area contributed by atoms with Crippen molar-refractivity contribution in [1.82, 2.24) is 0 Å². The molecule has 6 aliphatic heterocycles. The van der Waals surface area contributed by atoms with E-state index in [4.69, 9.17) is 51.8 Å². The molecule has 20 atom stereocenters. The number of ether oxygens (including phenoxy) is 10. The fourth-order valence-corrected chi connectivity index (χ4v) is 13.5. The van der Waals surface area contributed by atoms with Crippen LogP contribution in [-0.2, 0) is 57.8 Å². The van der Waals surface area contributed by atoms with Crippen LogP contribution in [0.1, 0.15) is 122 Å². The highest BCUT2D eigenvalue weighted by molar-refractivity contribution is 6.21. The third kappa shape index (κ3) is 9.72. The van der Waals surface area contributed by atoms with Gasteiger partial charge in [-0.15, -0.1) is 0 Å². The number of carbonyl (C=O) groups is 1. The van der Waals surface area contributed by atoms with E-state index >= 15 is 4.79 Å². The summed E-state index contributed by atoms with van der Waals surface area (Å²) in [4.78, 5) is 34.1. The van der Waals surface area contributed by atoms with Gasteiger partial charge in [0, 0.05) is 84.2 Å². The van der Waals surface area contributed by atoms with E-state index in [0.717, 1.165) is 0 Å². The van der Waals surface area contributed by atoms with Gasteiger partial charge in [-0.1, -0.05) is 24.3 Å². The second-order valence-electron chi connectivity index (χ2n) is 23.4. The number of ketones is 1. The Morgan fingerprint density at radius 2 is 1.23 bits per heavy atom. The van der Waals surface area contributed by atoms with Gasteiger partial charge in [0.1, 0.15) is 34.9 Å². The molecule has 0 spiro atoms. The number of aliphatic hydroxyl groups excluding tert-OH is 3. The number of phenolic OH excluding ortho intramolecular Hbond substituents is 2. The molecule has 1 saturated carbocycles. The number of nitrogens with zero attached hydrogens (tertiary/aromatic N) is 1. The van der Waals surface area contributed by atoms with Crippen LogP contribution in [0.25, 0.3) is 33.4 Å². The van der Waals surface area contributed by atoms with Gasteiger partial charge in [0.15, 0.2) is 42.8 Å². The number of benzene rings is 3. The average molecular weight is 1110 g/mol. The van der Waals surface area contributed by atoms with E-state index in [1.807, 2.05) is 25.1 Å². The first-order valence-corrected chi connectivity index (χ1v) is 28.1. The molecule has 12 rings (SSSR count). The van der Waals surface area contributed by atoms with Crippen LogP contribution in [-0.4, -0.2) is 164 Å². The molecular formula is C59H71NO20. The Morgan fingerprint density at radius 1 is 0.650 bits per heavy atom. The van der Waals surface area contributed by atoms with Crippen molar-refractivity contribution in [3.05, 3.63) is 74.8 Å². The molecule has 2 aliphatic carbocycles. The second-order valence-corrected chi connectivity index (χ2v) is 23.4. The minimum absolute atomic E-state index is 0.0430. The smallest absolute Gasteiger partial charge is 0.344 e. The maximum Gasteiger partial charge on any atom is 0.344 e. The molecule has 4 aromatic rings. The van der Waals surface area contributed by atoms with Crippen molar-refractivity contribution in [3.63, 3.8) is 0 Å². The largest absolute Gasteiger partial charge is 0.507 e. The third-order valence-electron chi connectivity index (χ3n) is 17.6. The Bertz CT molecular complexity index is 3210. The van der Waals surface area contributed by atoms with Crippen molar-refractivity contribution in [3.8, 4) is 11.5 Å². The highest BCUT2D eigenvalue weighted by Crippen LogP contribution is 2.58. The zero-order valence-corrected chi connectivity index (χ0v) is 45.5. The first kappa shape index (κ1) is 55.7. The molecule has 21 nitrogen and oxygen atoms in total. The number of phenols is 2. The van der Waals surface area contributed by atoms with Crippen molar-refractivity contribution in [2.24, 2.45) is 4.99 Å². The lowest BCUT2D eigenvalue weighted by Gasteiger charge is -2.54. The summed E-state index contributed by atoms with van der Waals surface area (Å²) in [5, 5.41) is 80.8. The van der Waals surface area contributed by atoms with Crippen molar-refractivity contribution < 1.29 is 92.3 Å². The Morgan fingerprint density at radius 3 is 1.86 bits per heavy atom. The van der Waals surface area contributed by atoms with Gasteiger partial charge in [0.2, 0.25) is 0 Å². The molecule has 3 aromatic carbocycles. The third-order valence-corrected chi connectivity index (χ3v) is 17.6. The summed E-state index contributed by atoms with van der Waals surface area (Å²) in [6.07, 6.45) is -5.40. The fraction of sp³-hybridized carbons (Fsp3) is 0.610. The van der Waals surface area contributed by atoms with Gasteiger partial charge in [0.25, 0.3) is 0 Å². The molecule has 1 aromatic heterocycles. The zero-order valence-electron chi connectivity index (χ0n) is 45.5. The van der Waals surface area contributed by atoms with Crippen LogP contribution in [0, 0.1) is 0 Å². The van der Waals surface area contributed by atoms with Crippen LogP contribution < -0.4 is 10.8 Å². The van der Waals surface area contributed by atoms with E-state index in [2.05, 4.69) is 4.99 Å². The molecule has 80 heavy (non-hydrogen) atoms. The van der Waals surface area contributed by atoms with Gasteiger partial charge in [-0.25, -0.2) is 4.79 Å². The van der Waals surface area contributed by atoms with Crippen molar-refractivity contribution in [2.75, 3.05) is 0 Å². The maximum atomic E-state index is 15.1. The van der Waals surface area contributed by atoms with Gasteiger partial charge in [0.05, 0.1) is 82.9 Å². The van der Waals surface area contributed by atoms with Crippen molar-refractivity contribution in [2.45, 2.75) is 227 Å². The Balaban J connectivity index is 0.742. The molecule has 21 heteroatoms. The molecule has 6 fully saturated rings. The summed E-state index contributed by atoms with van der Waals surface area (Å²) in [7, 11) is 0. The number of aliphatic imine (C=N–C) groups is 1. The van der Waals surface area contributed by atoms with Crippen LogP contribution in [0.15, 0.2) is 56.7 Å². The Kier molecular flexibility index (Phi) is 14.7. The van der Waals surface area contributed by atoms with Crippen LogP contribution >= 0.6 is 0 Å². The summed E-state index contributed by atoms with van der Waals surface area (Å²) in [6.45, 7) is 10.4. The van der Waals surface area contributed by atoms with Crippen LogP contribution in [0.5, 0.6) is 11.5 Å². The monoisotopic (exact) mass is 1110 g/mol. The molecule has 432 valence electrons. The number of hydrogen-bond acceptors (Lipinski definition) is 21. The van der Waals surface area contributed by atoms with E-state index in [1.54, 1.807) is 40.0 Å². The highest BCUT2D eigenvalue weighted by atomic mass is 16.7. The molecule has 7 N–H and O–H groups in total. The van der Waals surface area contributed by atoms with Gasteiger partial charge < -0.3 is 87.5 Å². The number of rotatable bonds is 10. The van der Waals surface area contributed by atoms with E-state index in [9.17, 15) is 40.5 Å². The van der Waals surface area contributed by atoms with E-state index in [0.29, 0.717) is 48.9 Å². The number of hydrogen-bond donors (Lipinski definition) is 7. The highest BCUT2D eigenvalue weighted by Gasteiger charge is 2.67. The van der Waals surface area contributed by atoms with Crippen molar-refractivity contribution in [1.29, 1.82) is 0 Å². The van der Waals surface area contributed by atoms with Gasteiger partial charge in [-0.2, -0.15) is 0 Å². The minimum Gasteiger partial charge on any atom is -0.507 e. The van der Waals surface area contributed by atoms with Crippen LogP contribution in [0.4, 0.5) is 5.69 Å². The normalized spacial score (nSPS) is 41.7. The van der Waals surface area contributed by atoms with Crippen molar-refractivity contribution >= 4 is 51.1 Å². The number of Topliss-reactive ketones (excluding diaryl/α,β-unsaturated/α-hetero) is 1. The summed E-state index contributed by atoms with van der Waals surface area (Å²) >= 11 is 0. The summed E-state index contributed by atoms with van der Waals surface area (Å²) in [5.74, 6) is -1.56. The van der Waals surface area contributed by atoms with Gasteiger partial charge in [-0.05, 0) is 85.1 Å². The summed E-state index contributed by atoms with van der Waals surface area (Å²) in [6, 6.07) is 10.1. The van der Waals surface area contributed by atoms with E-state index in [1.165, 1.54) is 31.2 Å².